The number of nitrogens with zero attached hydrogens (tertiary/aromatic N) is 1. The Hall–Kier alpha value is 0.110. The smallest absolute Gasteiger partial charge is 0.159 e. The topological polar surface area (TPSA) is 12.9 Å². The fourth-order valence-electron chi connectivity index (χ4n) is 1.85. The molecule has 0 bridgehead atoms. The second kappa shape index (κ2) is 3.88. The Bertz CT molecular complexity index is 253. The molecule has 0 amide bonds. The molecule has 1 saturated carbocycles. The highest BCUT2D eigenvalue weighted by molar-refractivity contribution is 9.11. The molecule has 0 aliphatic heterocycles. The van der Waals surface area contributed by atoms with Crippen LogP contribution >= 0.6 is 27.3 Å². The molecular formula is C9H12BrNS. The van der Waals surface area contributed by atoms with Gasteiger partial charge in [-0.05, 0) is 28.8 Å². The number of aromatic nitrogens is 1. The summed E-state index contributed by atoms with van der Waals surface area (Å²) in [5.74, 6) is 0.751. The van der Waals surface area contributed by atoms with E-state index in [-0.39, 0.29) is 0 Å². The van der Waals surface area contributed by atoms with E-state index < -0.39 is 0 Å². The molecule has 1 fully saturated rings. The largest absolute Gasteiger partial charge is 0.234 e. The Balaban J connectivity index is 2.08. The zero-order valence-corrected chi connectivity index (χ0v) is 9.33. The van der Waals surface area contributed by atoms with E-state index in [1.54, 1.807) is 11.3 Å². The molecule has 12 heavy (non-hydrogen) atoms. The zero-order valence-electron chi connectivity index (χ0n) is 6.92. The summed E-state index contributed by atoms with van der Waals surface area (Å²) in [6.45, 7) is 0. The third-order valence-corrected chi connectivity index (χ3v) is 3.90. The van der Waals surface area contributed by atoms with Crippen molar-refractivity contribution in [2.24, 2.45) is 0 Å². The standard InChI is InChI=1S/C9H12BrNS/c10-9-11-8(6-12-9)7-4-2-1-3-5-7/h6-7H,1-5H2. The van der Waals surface area contributed by atoms with Crippen molar-refractivity contribution >= 4 is 27.3 Å². The van der Waals surface area contributed by atoms with Crippen molar-refractivity contribution in [2.75, 3.05) is 0 Å². The van der Waals surface area contributed by atoms with Crippen LogP contribution in [0.2, 0.25) is 0 Å². The van der Waals surface area contributed by atoms with Crippen LogP contribution in [0.5, 0.6) is 0 Å². The quantitative estimate of drug-likeness (QED) is 0.731. The predicted octanol–water partition coefficient (Wildman–Crippen LogP) is 3.95. The van der Waals surface area contributed by atoms with E-state index in [2.05, 4.69) is 26.3 Å². The minimum absolute atomic E-state index is 0.751. The van der Waals surface area contributed by atoms with Crippen molar-refractivity contribution in [3.05, 3.63) is 15.0 Å². The van der Waals surface area contributed by atoms with E-state index in [9.17, 15) is 0 Å². The summed E-state index contributed by atoms with van der Waals surface area (Å²) in [5, 5.41) is 2.19. The van der Waals surface area contributed by atoms with E-state index in [0.717, 1.165) is 9.83 Å². The number of rotatable bonds is 1. The van der Waals surface area contributed by atoms with Gasteiger partial charge in [0.05, 0.1) is 5.69 Å². The van der Waals surface area contributed by atoms with Crippen molar-refractivity contribution in [1.29, 1.82) is 0 Å². The summed E-state index contributed by atoms with van der Waals surface area (Å²) < 4.78 is 1.03. The summed E-state index contributed by atoms with van der Waals surface area (Å²) in [7, 11) is 0. The number of hydrogen-bond acceptors (Lipinski definition) is 2. The molecule has 2 rings (SSSR count). The molecule has 1 heterocycles. The molecule has 3 heteroatoms. The van der Waals surface area contributed by atoms with Gasteiger partial charge in [0.15, 0.2) is 3.92 Å². The Morgan fingerprint density at radius 1 is 1.33 bits per heavy atom. The maximum absolute atomic E-state index is 4.47. The summed E-state index contributed by atoms with van der Waals surface area (Å²) >= 11 is 5.11. The summed E-state index contributed by atoms with van der Waals surface area (Å²) in [5.41, 5.74) is 1.31. The van der Waals surface area contributed by atoms with Gasteiger partial charge in [-0.25, -0.2) is 4.98 Å². The second-order valence-electron chi connectivity index (χ2n) is 3.36. The minimum atomic E-state index is 0.751. The van der Waals surface area contributed by atoms with Crippen molar-refractivity contribution in [3.63, 3.8) is 0 Å². The average Bonchev–Trinajstić information content (AvgIpc) is 2.54. The van der Waals surface area contributed by atoms with Gasteiger partial charge in [0.1, 0.15) is 0 Å². The third-order valence-electron chi connectivity index (χ3n) is 2.52. The first kappa shape index (κ1) is 8.70. The molecule has 1 aromatic heterocycles. The molecular weight excluding hydrogens is 234 g/mol. The summed E-state index contributed by atoms with van der Waals surface area (Å²) in [6.07, 6.45) is 6.88. The van der Waals surface area contributed by atoms with Crippen LogP contribution in [0.1, 0.15) is 43.7 Å². The minimum Gasteiger partial charge on any atom is -0.234 e. The molecule has 0 saturated heterocycles. The van der Waals surface area contributed by atoms with Crippen LogP contribution in [-0.4, -0.2) is 4.98 Å². The first-order valence-electron chi connectivity index (χ1n) is 4.47. The normalized spacial score (nSPS) is 19.8. The summed E-state index contributed by atoms with van der Waals surface area (Å²) in [4.78, 5) is 4.47. The fourth-order valence-corrected chi connectivity index (χ4v) is 2.96. The molecule has 0 N–H and O–H groups in total. The van der Waals surface area contributed by atoms with Gasteiger partial charge >= 0.3 is 0 Å². The van der Waals surface area contributed by atoms with Crippen LogP contribution in [0.25, 0.3) is 0 Å². The van der Waals surface area contributed by atoms with E-state index in [1.165, 1.54) is 37.8 Å². The second-order valence-corrected chi connectivity index (χ2v) is 5.49. The lowest BCUT2D eigenvalue weighted by Gasteiger charge is -2.19. The van der Waals surface area contributed by atoms with Crippen molar-refractivity contribution in [1.82, 2.24) is 4.98 Å². The Kier molecular flexibility index (Phi) is 2.81. The number of thiazole rings is 1. The average molecular weight is 246 g/mol. The first-order valence-corrected chi connectivity index (χ1v) is 6.14. The van der Waals surface area contributed by atoms with E-state index in [1.807, 2.05) is 0 Å². The molecule has 0 radical (unpaired) electrons. The molecule has 1 aromatic rings. The molecule has 66 valence electrons. The van der Waals surface area contributed by atoms with Crippen LogP contribution in [0, 0.1) is 0 Å². The lowest BCUT2D eigenvalue weighted by atomic mass is 9.87. The van der Waals surface area contributed by atoms with Crippen LogP contribution in [0.4, 0.5) is 0 Å². The Labute approximate surface area is 85.3 Å². The van der Waals surface area contributed by atoms with Crippen LogP contribution in [0.3, 0.4) is 0 Å². The highest BCUT2D eigenvalue weighted by Crippen LogP contribution is 2.33. The molecule has 1 aliphatic carbocycles. The van der Waals surface area contributed by atoms with Crippen LogP contribution in [-0.2, 0) is 0 Å². The molecule has 0 unspecified atom stereocenters. The van der Waals surface area contributed by atoms with Gasteiger partial charge in [-0.3, -0.25) is 0 Å². The van der Waals surface area contributed by atoms with Crippen LogP contribution < -0.4 is 0 Å². The van der Waals surface area contributed by atoms with E-state index in [0.29, 0.717) is 0 Å². The van der Waals surface area contributed by atoms with Crippen molar-refractivity contribution < 1.29 is 0 Å². The van der Waals surface area contributed by atoms with Gasteiger partial charge in [-0.1, -0.05) is 19.3 Å². The lowest BCUT2D eigenvalue weighted by Crippen LogP contribution is -2.04. The van der Waals surface area contributed by atoms with Gasteiger partial charge in [-0.2, -0.15) is 0 Å². The highest BCUT2D eigenvalue weighted by atomic mass is 79.9. The first-order chi connectivity index (χ1) is 5.86. The van der Waals surface area contributed by atoms with Gasteiger partial charge in [-0.15, -0.1) is 11.3 Å². The number of halogens is 1. The molecule has 1 nitrogen and oxygen atoms in total. The van der Waals surface area contributed by atoms with Gasteiger partial charge in [0.2, 0.25) is 0 Å². The van der Waals surface area contributed by atoms with Crippen molar-refractivity contribution in [2.45, 2.75) is 38.0 Å². The Morgan fingerprint density at radius 2 is 2.08 bits per heavy atom. The maximum Gasteiger partial charge on any atom is 0.159 e. The highest BCUT2D eigenvalue weighted by Gasteiger charge is 2.17. The maximum atomic E-state index is 4.47. The molecule has 1 aliphatic rings. The van der Waals surface area contributed by atoms with Gasteiger partial charge < -0.3 is 0 Å². The SMILES string of the molecule is Brc1nc(C2CCCCC2)cs1. The zero-order chi connectivity index (χ0) is 8.39. The van der Waals surface area contributed by atoms with E-state index >= 15 is 0 Å². The third kappa shape index (κ3) is 1.88. The fraction of sp³-hybridized carbons (Fsp3) is 0.667. The van der Waals surface area contributed by atoms with Crippen LogP contribution in [0.15, 0.2) is 9.30 Å². The monoisotopic (exact) mass is 245 g/mol. The van der Waals surface area contributed by atoms with E-state index in [4.69, 9.17) is 0 Å². The molecule has 0 aromatic carbocycles. The molecule has 0 spiro atoms. The predicted molar refractivity (Wildman–Crippen MR) is 55.6 cm³/mol. The van der Waals surface area contributed by atoms with Crippen molar-refractivity contribution in [3.8, 4) is 0 Å². The summed E-state index contributed by atoms with van der Waals surface area (Å²) in [6, 6.07) is 0. The molecule has 0 atom stereocenters. The Morgan fingerprint density at radius 3 is 2.67 bits per heavy atom. The van der Waals surface area contributed by atoms with Gasteiger partial charge in [0, 0.05) is 11.3 Å². The lowest BCUT2D eigenvalue weighted by molar-refractivity contribution is 0.438. The van der Waals surface area contributed by atoms with Gasteiger partial charge in [0.25, 0.3) is 0 Å². The number of hydrogen-bond donors (Lipinski definition) is 0.